The van der Waals surface area contributed by atoms with Crippen molar-refractivity contribution in [1.82, 2.24) is 0 Å². The molecule has 1 aliphatic heterocycles. The van der Waals surface area contributed by atoms with E-state index in [0.29, 0.717) is 30.2 Å². The Kier molecular flexibility index (Phi) is 4.12. The van der Waals surface area contributed by atoms with Gasteiger partial charge in [0, 0.05) is 24.7 Å². The Morgan fingerprint density at radius 2 is 2.17 bits per heavy atom. The number of rotatable bonds is 4. The zero-order valence-electron chi connectivity index (χ0n) is 12.2. The highest BCUT2D eigenvalue weighted by atomic mass is 19.1. The molecule has 0 bridgehead atoms. The molecule has 0 aliphatic carbocycles. The molecule has 0 saturated carbocycles. The molecule has 0 amide bonds. The number of aliphatic hydroxyl groups is 1. The van der Waals surface area contributed by atoms with Crippen molar-refractivity contribution >= 4 is 11.4 Å². The number of hydrogen-bond acceptors (Lipinski definition) is 5. The van der Waals surface area contributed by atoms with E-state index in [4.69, 9.17) is 4.74 Å². The van der Waals surface area contributed by atoms with Gasteiger partial charge in [0.2, 0.25) is 0 Å². The van der Waals surface area contributed by atoms with Crippen LogP contribution in [-0.4, -0.2) is 29.7 Å². The van der Waals surface area contributed by atoms with Crippen molar-refractivity contribution in [3.05, 3.63) is 64.0 Å². The van der Waals surface area contributed by atoms with Crippen LogP contribution in [0.5, 0.6) is 5.75 Å². The average molecular weight is 318 g/mol. The Labute approximate surface area is 131 Å². The fourth-order valence-electron chi connectivity index (χ4n) is 2.60. The second kappa shape index (κ2) is 6.21. The van der Waals surface area contributed by atoms with Crippen LogP contribution < -0.4 is 9.64 Å². The molecule has 2 aromatic rings. The topological polar surface area (TPSA) is 75.8 Å². The van der Waals surface area contributed by atoms with Crippen LogP contribution in [0.15, 0.2) is 42.5 Å². The van der Waals surface area contributed by atoms with Crippen molar-refractivity contribution < 1.29 is 19.2 Å². The fourth-order valence-corrected chi connectivity index (χ4v) is 2.60. The summed E-state index contributed by atoms with van der Waals surface area (Å²) in [4.78, 5) is 12.2. The molecule has 1 N–H and O–H groups in total. The first kappa shape index (κ1) is 15.2. The van der Waals surface area contributed by atoms with Crippen molar-refractivity contribution in [2.24, 2.45) is 0 Å². The number of non-ortho nitro benzene ring substituents is 1. The number of benzene rings is 2. The van der Waals surface area contributed by atoms with Gasteiger partial charge in [-0.3, -0.25) is 10.1 Å². The van der Waals surface area contributed by atoms with Gasteiger partial charge in [-0.2, -0.15) is 0 Å². The van der Waals surface area contributed by atoms with Gasteiger partial charge in [-0.1, -0.05) is 12.1 Å². The lowest BCUT2D eigenvalue weighted by Gasteiger charge is -2.32. The molecule has 1 heterocycles. The number of aliphatic hydroxyl groups excluding tert-OH is 1. The fraction of sp³-hybridized carbons (Fsp3) is 0.250. The molecule has 120 valence electrons. The van der Waals surface area contributed by atoms with E-state index >= 15 is 0 Å². The van der Waals surface area contributed by atoms with E-state index in [9.17, 15) is 19.6 Å². The summed E-state index contributed by atoms with van der Waals surface area (Å²) >= 11 is 0. The van der Waals surface area contributed by atoms with E-state index in [1.807, 2.05) is 4.90 Å². The summed E-state index contributed by atoms with van der Waals surface area (Å²) in [6, 6.07) is 10.2. The van der Waals surface area contributed by atoms with Crippen molar-refractivity contribution in [3.63, 3.8) is 0 Å². The van der Waals surface area contributed by atoms with Gasteiger partial charge in [-0.15, -0.1) is 0 Å². The Balaban J connectivity index is 1.80. The standard InChI is InChI=1S/C16H15FN2O4/c17-12-4-5-14-16(9-12)23-7-6-18(14)10-15(20)11-2-1-3-13(8-11)19(21)22/h1-5,8-9,15,20H,6-7,10H2. The molecule has 1 aliphatic rings. The lowest BCUT2D eigenvalue weighted by Crippen LogP contribution is -2.36. The third kappa shape index (κ3) is 3.24. The molecule has 0 radical (unpaired) electrons. The van der Waals surface area contributed by atoms with Crippen LogP contribution in [0.3, 0.4) is 0 Å². The van der Waals surface area contributed by atoms with E-state index in [0.717, 1.165) is 0 Å². The smallest absolute Gasteiger partial charge is 0.269 e. The molecule has 2 aromatic carbocycles. The number of halogens is 1. The van der Waals surface area contributed by atoms with Gasteiger partial charge in [0.05, 0.1) is 23.3 Å². The summed E-state index contributed by atoms with van der Waals surface area (Å²) in [5.41, 5.74) is 1.10. The van der Waals surface area contributed by atoms with Gasteiger partial charge in [-0.25, -0.2) is 4.39 Å². The Hall–Kier alpha value is -2.67. The zero-order valence-corrected chi connectivity index (χ0v) is 12.2. The zero-order chi connectivity index (χ0) is 16.4. The molecule has 0 saturated heterocycles. The molecule has 0 aromatic heterocycles. The highest BCUT2D eigenvalue weighted by Gasteiger charge is 2.22. The van der Waals surface area contributed by atoms with E-state index in [-0.39, 0.29) is 18.0 Å². The van der Waals surface area contributed by atoms with Crippen LogP contribution in [0.4, 0.5) is 15.8 Å². The summed E-state index contributed by atoms with van der Waals surface area (Å²) in [7, 11) is 0. The summed E-state index contributed by atoms with van der Waals surface area (Å²) in [5.74, 6) is 0.0484. The van der Waals surface area contributed by atoms with Crippen molar-refractivity contribution in [2.45, 2.75) is 6.10 Å². The van der Waals surface area contributed by atoms with Crippen LogP contribution in [0, 0.1) is 15.9 Å². The summed E-state index contributed by atoms with van der Waals surface area (Å²) in [5, 5.41) is 21.2. The van der Waals surface area contributed by atoms with Crippen LogP contribution in [0.1, 0.15) is 11.7 Å². The van der Waals surface area contributed by atoms with Gasteiger partial charge in [0.1, 0.15) is 18.2 Å². The number of β-amino-alcohol motifs (C(OH)–C–C–N with tert-alkyl or cyclic N) is 1. The van der Waals surface area contributed by atoms with E-state index in [1.165, 1.54) is 24.3 Å². The van der Waals surface area contributed by atoms with Crippen LogP contribution in [0.2, 0.25) is 0 Å². The number of ether oxygens (including phenoxy) is 1. The van der Waals surface area contributed by atoms with Crippen LogP contribution in [0.25, 0.3) is 0 Å². The summed E-state index contributed by atoms with van der Waals surface area (Å²) in [6.45, 7) is 1.17. The minimum absolute atomic E-state index is 0.0639. The number of nitrogens with zero attached hydrogens (tertiary/aromatic N) is 2. The number of anilines is 1. The molecule has 1 unspecified atom stereocenters. The first-order valence-corrected chi connectivity index (χ1v) is 7.14. The Bertz CT molecular complexity index is 738. The Morgan fingerprint density at radius 3 is 2.96 bits per heavy atom. The van der Waals surface area contributed by atoms with Crippen molar-refractivity contribution in [2.75, 3.05) is 24.6 Å². The van der Waals surface area contributed by atoms with E-state index < -0.39 is 11.0 Å². The maximum absolute atomic E-state index is 13.3. The number of nitro groups is 1. The molecule has 0 spiro atoms. The normalized spacial score (nSPS) is 14.8. The first-order chi connectivity index (χ1) is 11.0. The predicted octanol–water partition coefficient (Wildman–Crippen LogP) is 2.67. The second-order valence-electron chi connectivity index (χ2n) is 5.27. The van der Waals surface area contributed by atoms with Crippen LogP contribution in [-0.2, 0) is 0 Å². The summed E-state index contributed by atoms with van der Waals surface area (Å²) in [6.07, 6.45) is -0.897. The van der Waals surface area contributed by atoms with Gasteiger partial charge in [-0.05, 0) is 17.7 Å². The molecule has 7 heteroatoms. The molecular formula is C16H15FN2O4. The number of nitro benzene ring substituents is 1. The van der Waals surface area contributed by atoms with Gasteiger partial charge >= 0.3 is 0 Å². The molecule has 3 rings (SSSR count). The Morgan fingerprint density at radius 1 is 1.35 bits per heavy atom. The molecule has 6 nitrogen and oxygen atoms in total. The molecule has 1 atom stereocenters. The monoisotopic (exact) mass is 318 g/mol. The largest absolute Gasteiger partial charge is 0.489 e. The number of fused-ring (bicyclic) bond motifs is 1. The lowest BCUT2D eigenvalue weighted by atomic mass is 10.1. The maximum atomic E-state index is 13.3. The number of hydrogen-bond donors (Lipinski definition) is 1. The third-order valence-corrected chi connectivity index (χ3v) is 3.74. The lowest BCUT2D eigenvalue weighted by molar-refractivity contribution is -0.385. The molecular weight excluding hydrogens is 303 g/mol. The van der Waals surface area contributed by atoms with Crippen LogP contribution >= 0.6 is 0 Å². The van der Waals surface area contributed by atoms with E-state index in [1.54, 1.807) is 18.2 Å². The van der Waals surface area contributed by atoms with E-state index in [2.05, 4.69) is 0 Å². The maximum Gasteiger partial charge on any atom is 0.269 e. The molecule has 0 fully saturated rings. The van der Waals surface area contributed by atoms with Gasteiger partial charge < -0.3 is 14.7 Å². The SMILES string of the molecule is O=[N+]([O-])c1cccc(C(O)CN2CCOc3cc(F)ccc32)c1. The minimum Gasteiger partial charge on any atom is -0.489 e. The van der Waals surface area contributed by atoms with Gasteiger partial charge in [0.25, 0.3) is 5.69 Å². The van der Waals surface area contributed by atoms with Gasteiger partial charge in [0.15, 0.2) is 0 Å². The highest BCUT2D eigenvalue weighted by Crippen LogP contribution is 2.33. The quantitative estimate of drug-likeness (QED) is 0.693. The molecule has 23 heavy (non-hydrogen) atoms. The third-order valence-electron chi connectivity index (χ3n) is 3.74. The minimum atomic E-state index is -0.897. The average Bonchev–Trinajstić information content (AvgIpc) is 2.54. The first-order valence-electron chi connectivity index (χ1n) is 7.14. The predicted molar refractivity (Wildman–Crippen MR) is 82.2 cm³/mol. The summed E-state index contributed by atoms with van der Waals surface area (Å²) < 4.78 is 18.7. The highest BCUT2D eigenvalue weighted by molar-refractivity contribution is 5.60. The van der Waals surface area contributed by atoms with Crippen molar-refractivity contribution in [3.8, 4) is 5.75 Å². The second-order valence-corrected chi connectivity index (χ2v) is 5.27. The van der Waals surface area contributed by atoms with Crippen molar-refractivity contribution in [1.29, 1.82) is 0 Å².